The second-order valence-corrected chi connectivity index (χ2v) is 4.68. The summed E-state index contributed by atoms with van der Waals surface area (Å²) in [7, 11) is 0. The van der Waals surface area contributed by atoms with Gasteiger partial charge in [0.1, 0.15) is 11.6 Å². The topological polar surface area (TPSA) is 38.9 Å². The fraction of sp³-hybridized carbons (Fsp3) is 0.182. The highest BCUT2D eigenvalue weighted by Crippen LogP contribution is 2.21. The maximum Gasteiger partial charge on any atom is 0.180 e. The third-order valence-electron chi connectivity index (χ3n) is 2.26. The Morgan fingerprint density at radius 3 is 2.69 bits per heavy atom. The van der Waals surface area contributed by atoms with E-state index < -0.39 is 11.6 Å². The molecule has 2 nitrogen and oxygen atoms in total. The normalized spacial score (nSPS) is 10.7. The van der Waals surface area contributed by atoms with Gasteiger partial charge in [-0.15, -0.1) is 11.3 Å². The summed E-state index contributed by atoms with van der Waals surface area (Å²) in [6, 6.07) is 2.43. The summed E-state index contributed by atoms with van der Waals surface area (Å²) in [5.74, 6) is -0.792. The smallest absolute Gasteiger partial charge is 0.180 e. The SMILES string of the molecule is Cc1cc(F)c(Cc2cnc(N)s2)cc1F. The molecule has 0 amide bonds. The van der Waals surface area contributed by atoms with E-state index in [0.29, 0.717) is 22.7 Å². The van der Waals surface area contributed by atoms with Crippen LogP contribution in [0.5, 0.6) is 0 Å². The van der Waals surface area contributed by atoms with E-state index in [1.165, 1.54) is 30.4 Å². The number of aromatic nitrogens is 1. The quantitative estimate of drug-likeness (QED) is 0.876. The van der Waals surface area contributed by atoms with Crippen molar-refractivity contribution in [2.24, 2.45) is 0 Å². The van der Waals surface area contributed by atoms with Crippen molar-refractivity contribution in [3.8, 4) is 0 Å². The van der Waals surface area contributed by atoms with Crippen LogP contribution in [0.4, 0.5) is 13.9 Å². The van der Waals surface area contributed by atoms with Gasteiger partial charge in [-0.1, -0.05) is 0 Å². The molecule has 5 heteroatoms. The molecule has 0 spiro atoms. The number of aryl methyl sites for hydroxylation is 1. The molecule has 0 fully saturated rings. The summed E-state index contributed by atoms with van der Waals surface area (Å²) in [5.41, 5.74) is 6.10. The number of hydrogen-bond donors (Lipinski definition) is 1. The highest BCUT2D eigenvalue weighted by Gasteiger charge is 2.09. The number of nitrogens with two attached hydrogens (primary N) is 1. The van der Waals surface area contributed by atoms with Gasteiger partial charge in [0.2, 0.25) is 0 Å². The standard InChI is InChI=1S/C11H10F2N2S/c1-6-2-10(13)7(4-9(6)12)3-8-5-15-11(14)16-8/h2,4-5H,3H2,1H3,(H2,14,15). The van der Waals surface area contributed by atoms with Gasteiger partial charge in [-0.3, -0.25) is 0 Å². The van der Waals surface area contributed by atoms with Crippen LogP contribution in [-0.2, 0) is 6.42 Å². The van der Waals surface area contributed by atoms with Crippen LogP contribution in [0, 0.1) is 18.6 Å². The van der Waals surface area contributed by atoms with Crippen molar-refractivity contribution in [3.05, 3.63) is 46.0 Å². The number of anilines is 1. The van der Waals surface area contributed by atoms with E-state index in [1.54, 1.807) is 6.20 Å². The lowest BCUT2D eigenvalue weighted by Gasteiger charge is -2.03. The molecular weight excluding hydrogens is 230 g/mol. The summed E-state index contributed by atoms with van der Waals surface area (Å²) in [6.07, 6.45) is 1.90. The first kappa shape index (κ1) is 11.0. The first-order chi connectivity index (χ1) is 7.56. The maximum atomic E-state index is 13.5. The highest BCUT2D eigenvalue weighted by molar-refractivity contribution is 7.15. The molecule has 0 aliphatic carbocycles. The van der Waals surface area contributed by atoms with E-state index in [-0.39, 0.29) is 0 Å². The average molecular weight is 240 g/mol. The molecule has 2 rings (SSSR count). The molecule has 1 aromatic heterocycles. The Bertz CT molecular complexity index is 523. The van der Waals surface area contributed by atoms with Crippen LogP contribution < -0.4 is 5.73 Å². The molecular formula is C11H10F2N2S. The molecule has 0 atom stereocenters. The van der Waals surface area contributed by atoms with Crippen molar-refractivity contribution in [3.63, 3.8) is 0 Å². The molecule has 0 unspecified atom stereocenters. The minimum absolute atomic E-state index is 0.310. The van der Waals surface area contributed by atoms with E-state index in [4.69, 9.17) is 5.73 Å². The van der Waals surface area contributed by atoms with E-state index in [9.17, 15) is 8.78 Å². The lowest BCUT2D eigenvalue weighted by molar-refractivity contribution is 0.582. The van der Waals surface area contributed by atoms with Crippen LogP contribution in [0.15, 0.2) is 18.3 Å². The van der Waals surface area contributed by atoms with Gasteiger partial charge in [0, 0.05) is 17.5 Å². The Kier molecular flexibility index (Phi) is 2.87. The van der Waals surface area contributed by atoms with Gasteiger partial charge >= 0.3 is 0 Å². The van der Waals surface area contributed by atoms with E-state index in [1.807, 2.05) is 0 Å². The largest absolute Gasteiger partial charge is 0.375 e. The summed E-state index contributed by atoms with van der Waals surface area (Å²) >= 11 is 1.28. The molecule has 0 saturated carbocycles. The number of benzene rings is 1. The van der Waals surface area contributed by atoms with Gasteiger partial charge in [0.25, 0.3) is 0 Å². The third-order valence-corrected chi connectivity index (χ3v) is 3.09. The predicted molar refractivity (Wildman–Crippen MR) is 60.4 cm³/mol. The molecule has 84 valence electrons. The number of rotatable bonds is 2. The Hall–Kier alpha value is -1.49. The summed E-state index contributed by atoms with van der Waals surface area (Å²) in [4.78, 5) is 4.68. The molecule has 0 radical (unpaired) electrons. The van der Waals surface area contributed by atoms with E-state index in [0.717, 1.165) is 4.88 Å². The summed E-state index contributed by atoms with van der Waals surface area (Å²) in [6.45, 7) is 1.53. The number of halogens is 2. The third kappa shape index (κ3) is 2.19. The Balaban J connectivity index is 2.31. The van der Waals surface area contributed by atoms with E-state index in [2.05, 4.69) is 4.98 Å². The molecule has 2 N–H and O–H groups in total. The van der Waals surface area contributed by atoms with Crippen LogP contribution in [0.2, 0.25) is 0 Å². The zero-order valence-electron chi connectivity index (χ0n) is 8.63. The maximum absolute atomic E-state index is 13.5. The van der Waals surface area contributed by atoms with Crippen molar-refractivity contribution < 1.29 is 8.78 Å². The van der Waals surface area contributed by atoms with Crippen molar-refractivity contribution >= 4 is 16.5 Å². The van der Waals surface area contributed by atoms with E-state index >= 15 is 0 Å². The Morgan fingerprint density at radius 1 is 1.31 bits per heavy atom. The lowest BCUT2D eigenvalue weighted by atomic mass is 10.1. The first-order valence-corrected chi connectivity index (χ1v) is 5.52. The Labute approximate surface area is 95.7 Å². The second kappa shape index (κ2) is 4.17. The summed E-state index contributed by atoms with van der Waals surface area (Å²) in [5, 5.41) is 0.433. The average Bonchev–Trinajstić information content (AvgIpc) is 2.60. The van der Waals surface area contributed by atoms with Gasteiger partial charge in [0.15, 0.2) is 5.13 Å². The highest BCUT2D eigenvalue weighted by atomic mass is 32.1. The van der Waals surface area contributed by atoms with Gasteiger partial charge in [0.05, 0.1) is 0 Å². The molecule has 0 aliphatic rings. The van der Waals surface area contributed by atoms with Crippen molar-refractivity contribution in [2.75, 3.05) is 5.73 Å². The fourth-order valence-electron chi connectivity index (χ4n) is 1.42. The summed E-state index contributed by atoms with van der Waals surface area (Å²) < 4.78 is 26.8. The molecule has 16 heavy (non-hydrogen) atoms. The fourth-order valence-corrected chi connectivity index (χ4v) is 2.12. The molecule has 1 aromatic carbocycles. The van der Waals surface area contributed by atoms with Crippen LogP contribution in [0.25, 0.3) is 0 Å². The predicted octanol–water partition coefficient (Wildman–Crippen LogP) is 2.90. The lowest BCUT2D eigenvalue weighted by Crippen LogP contribution is -1.94. The van der Waals surface area contributed by atoms with Crippen LogP contribution in [-0.4, -0.2) is 4.98 Å². The number of nitrogens with zero attached hydrogens (tertiary/aromatic N) is 1. The van der Waals surface area contributed by atoms with Crippen molar-refractivity contribution in [1.82, 2.24) is 4.98 Å². The molecule has 0 aliphatic heterocycles. The minimum atomic E-state index is -0.397. The Morgan fingerprint density at radius 2 is 2.06 bits per heavy atom. The number of nitrogen functional groups attached to an aromatic ring is 1. The van der Waals surface area contributed by atoms with Gasteiger partial charge in [-0.25, -0.2) is 13.8 Å². The molecule has 1 heterocycles. The number of thiazole rings is 1. The number of hydrogen-bond acceptors (Lipinski definition) is 3. The molecule has 0 saturated heterocycles. The first-order valence-electron chi connectivity index (χ1n) is 4.71. The van der Waals surface area contributed by atoms with Crippen LogP contribution in [0.1, 0.15) is 16.0 Å². The van der Waals surface area contributed by atoms with Gasteiger partial charge in [-0.2, -0.15) is 0 Å². The van der Waals surface area contributed by atoms with Crippen molar-refractivity contribution in [1.29, 1.82) is 0 Å². The minimum Gasteiger partial charge on any atom is -0.375 e. The monoisotopic (exact) mass is 240 g/mol. The molecule has 0 bridgehead atoms. The van der Waals surface area contributed by atoms with Crippen LogP contribution >= 0.6 is 11.3 Å². The zero-order chi connectivity index (χ0) is 11.7. The van der Waals surface area contributed by atoms with Gasteiger partial charge < -0.3 is 5.73 Å². The van der Waals surface area contributed by atoms with Gasteiger partial charge in [-0.05, 0) is 30.2 Å². The molecule has 2 aromatic rings. The van der Waals surface area contributed by atoms with Crippen molar-refractivity contribution in [2.45, 2.75) is 13.3 Å². The zero-order valence-corrected chi connectivity index (χ0v) is 9.44. The van der Waals surface area contributed by atoms with Crippen LogP contribution in [0.3, 0.4) is 0 Å². The second-order valence-electron chi connectivity index (χ2n) is 3.53.